The molecule has 0 nitrogen and oxygen atoms in total. The van der Waals surface area contributed by atoms with Crippen molar-refractivity contribution in [2.45, 2.75) is 46.0 Å². The summed E-state index contributed by atoms with van der Waals surface area (Å²) in [5.41, 5.74) is 0. The van der Waals surface area contributed by atoms with E-state index >= 15 is 0 Å². The average molecular weight is 207 g/mol. The third-order valence-corrected chi connectivity index (χ3v) is 1.46. The van der Waals surface area contributed by atoms with E-state index < -0.39 is 0 Å². The largest absolute Gasteiger partial charge is 0.114 e. The third-order valence-electron chi connectivity index (χ3n) is 1.46. The number of rotatable bonds is 5. The van der Waals surface area contributed by atoms with Crippen molar-refractivity contribution in [3.05, 3.63) is 12.2 Å². The van der Waals surface area contributed by atoms with Gasteiger partial charge in [0.2, 0.25) is 0 Å². The summed E-state index contributed by atoms with van der Waals surface area (Å²) in [6.45, 7) is 4.33. The first-order chi connectivity index (χ1) is 4.41. The Morgan fingerprint density at radius 1 is 1.10 bits per heavy atom. The van der Waals surface area contributed by atoms with E-state index in [-0.39, 0.29) is 17.0 Å². The Morgan fingerprint density at radius 3 is 2.30 bits per heavy atom. The molecule has 0 aromatic heterocycles. The molecular formula is C9H19Br. The lowest BCUT2D eigenvalue weighted by atomic mass is 10.1. The van der Waals surface area contributed by atoms with Crippen LogP contribution in [0, 0.1) is 0 Å². The molecule has 0 spiro atoms. The lowest BCUT2D eigenvalue weighted by molar-refractivity contribution is 0.674. The normalized spacial score (nSPS) is 9.80. The first kappa shape index (κ1) is 12.9. The summed E-state index contributed by atoms with van der Waals surface area (Å²) in [6, 6.07) is 0. The molecule has 0 aliphatic carbocycles. The first-order valence-corrected chi connectivity index (χ1v) is 4.03. The van der Waals surface area contributed by atoms with E-state index in [2.05, 4.69) is 26.0 Å². The Hall–Kier alpha value is 0.220. The Balaban J connectivity index is 0. The zero-order chi connectivity index (χ0) is 6.95. The molecule has 0 saturated heterocycles. The molecule has 0 aliphatic rings. The van der Waals surface area contributed by atoms with Gasteiger partial charge in [-0.25, -0.2) is 0 Å². The second-order valence-corrected chi connectivity index (χ2v) is 2.42. The maximum atomic E-state index is 2.25. The van der Waals surface area contributed by atoms with Crippen molar-refractivity contribution in [1.29, 1.82) is 0 Å². The molecule has 0 N–H and O–H groups in total. The number of hydrogen-bond acceptors (Lipinski definition) is 0. The smallest absolute Gasteiger partial charge is 0.0351 e. The monoisotopic (exact) mass is 206 g/mol. The molecule has 0 aromatic carbocycles. The summed E-state index contributed by atoms with van der Waals surface area (Å²) in [5, 5.41) is 0. The predicted octanol–water partition coefficient (Wildman–Crippen LogP) is 4.11. The molecule has 0 aliphatic heterocycles. The van der Waals surface area contributed by atoms with Gasteiger partial charge < -0.3 is 0 Å². The molecule has 0 aromatic rings. The third kappa shape index (κ3) is 11.1. The molecule has 62 valence electrons. The zero-order valence-corrected chi connectivity index (χ0v) is 8.81. The van der Waals surface area contributed by atoms with Crippen LogP contribution in [0.15, 0.2) is 12.2 Å². The van der Waals surface area contributed by atoms with E-state index in [1.54, 1.807) is 0 Å². The van der Waals surface area contributed by atoms with E-state index in [0.29, 0.717) is 0 Å². The van der Waals surface area contributed by atoms with Crippen LogP contribution in [0.4, 0.5) is 0 Å². The number of hydrogen-bond donors (Lipinski definition) is 0. The highest BCUT2D eigenvalue weighted by Crippen LogP contribution is 2.02. The standard InChI is InChI=1S/C9H18.BrH/c1-3-5-7-9-8-6-4-2;/h3,5H,4,6-9H2,1-2H3;1H/b5-3+;. The van der Waals surface area contributed by atoms with Crippen LogP contribution in [-0.2, 0) is 0 Å². The van der Waals surface area contributed by atoms with Crippen LogP contribution in [0.5, 0.6) is 0 Å². The van der Waals surface area contributed by atoms with Crippen LogP contribution in [0.3, 0.4) is 0 Å². The van der Waals surface area contributed by atoms with Crippen LogP contribution in [-0.4, -0.2) is 0 Å². The van der Waals surface area contributed by atoms with E-state index in [4.69, 9.17) is 0 Å². The maximum Gasteiger partial charge on any atom is -0.0351 e. The van der Waals surface area contributed by atoms with Gasteiger partial charge in [0, 0.05) is 0 Å². The van der Waals surface area contributed by atoms with Gasteiger partial charge in [0.05, 0.1) is 0 Å². The highest BCUT2D eigenvalue weighted by molar-refractivity contribution is 8.93. The maximum absolute atomic E-state index is 2.25. The van der Waals surface area contributed by atoms with Crippen molar-refractivity contribution in [3.8, 4) is 0 Å². The zero-order valence-electron chi connectivity index (χ0n) is 7.10. The summed E-state index contributed by atoms with van der Waals surface area (Å²) < 4.78 is 0. The predicted molar refractivity (Wildman–Crippen MR) is 53.9 cm³/mol. The summed E-state index contributed by atoms with van der Waals surface area (Å²) in [7, 11) is 0. The van der Waals surface area contributed by atoms with Gasteiger partial charge >= 0.3 is 0 Å². The fraction of sp³-hybridized carbons (Fsp3) is 0.778. The first-order valence-electron chi connectivity index (χ1n) is 4.03. The number of allylic oxidation sites excluding steroid dienone is 2. The van der Waals surface area contributed by atoms with Crippen molar-refractivity contribution in [2.75, 3.05) is 0 Å². The van der Waals surface area contributed by atoms with Crippen LogP contribution in [0.2, 0.25) is 0 Å². The van der Waals surface area contributed by atoms with Crippen molar-refractivity contribution >= 4 is 17.0 Å². The lowest BCUT2D eigenvalue weighted by Crippen LogP contribution is -1.72. The molecule has 0 amide bonds. The SMILES string of the molecule is Br.C/C=C/CCCCCC. The summed E-state index contributed by atoms with van der Waals surface area (Å²) in [4.78, 5) is 0. The van der Waals surface area contributed by atoms with Crippen molar-refractivity contribution in [2.24, 2.45) is 0 Å². The van der Waals surface area contributed by atoms with Gasteiger partial charge in [-0.15, -0.1) is 17.0 Å². The van der Waals surface area contributed by atoms with Gasteiger partial charge in [-0.1, -0.05) is 38.3 Å². The Kier molecular flexibility index (Phi) is 15.4. The molecule has 0 rings (SSSR count). The molecular weight excluding hydrogens is 188 g/mol. The number of halogens is 1. The summed E-state index contributed by atoms with van der Waals surface area (Å²) in [5.74, 6) is 0. The van der Waals surface area contributed by atoms with Crippen molar-refractivity contribution in [3.63, 3.8) is 0 Å². The van der Waals surface area contributed by atoms with E-state index in [0.717, 1.165) is 0 Å². The van der Waals surface area contributed by atoms with Crippen molar-refractivity contribution < 1.29 is 0 Å². The molecule has 1 heteroatoms. The molecule has 0 atom stereocenters. The number of unbranched alkanes of at least 4 members (excludes halogenated alkanes) is 4. The van der Waals surface area contributed by atoms with Crippen LogP contribution in [0.25, 0.3) is 0 Å². The molecule has 0 unspecified atom stereocenters. The fourth-order valence-electron chi connectivity index (χ4n) is 0.856. The Bertz CT molecular complexity index is 67.1. The fourth-order valence-corrected chi connectivity index (χ4v) is 0.856. The van der Waals surface area contributed by atoms with Crippen LogP contribution in [0.1, 0.15) is 46.0 Å². The topological polar surface area (TPSA) is 0 Å². The van der Waals surface area contributed by atoms with Gasteiger partial charge in [-0.3, -0.25) is 0 Å². The average Bonchev–Trinajstić information content (AvgIpc) is 1.89. The second-order valence-electron chi connectivity index (χ2n) is 2.42. The van der Waals surface area contributed by atoms with Gasteiger partial charge in [0.25, 0.3) is 0 Å². The highest BCUT2D eigenvalue weighted by atomic mass is 79.9. The molecule has 0 fully saturated rings. The summed E-state index contributed by atoms with van der Waals surface area (Å²) >= 11 is 0. The van der Waals surface area contributed by atoms with E-state index in [1.807, 2.05) is 0 Å². The lowest BCUT2D eigenvalue weighted by Gasteiger charge is -1.92. The molecule has 10 heavy (non-hydrogen) atoms. The van der Waals surface area contributed by atoms with Gasteiger partial charge in [-0.2, -0.15) is 0 Å². The Labute approximate surface area is 75.5 Å². The molecule has 0 bridgehead atoms. The van der Waals surface area contributed by atoms with Crippen molar-refractivity contribution in [1.82, 2.24) is 0 Å². The van der Waals surface area contributed by atoms with Crippen LogP contribution >= 0.6 is 17.0 Å². The van der Waals surface area contributed by atoms with Crippen LogP contribution < -0.4 is 0 Å². The minimum atomic E-state index is 0. The molecule has 0 radical (unpaired) electrons. The van der Waals surface area contributed by atoms with Gasteiger partial charge in [0.1, 0.15) is 0 Å². The second kappa shape index (κ2) is 12.0. The minimum Gasteiger partial charge on any atom is -0.114 e. The summed E-state index contributed by atoms with van der Waals surface area (Å²) in [6.07, 6.45) is 11.2. The van der Waals surface area contributed by atoms with E-state index in [1.165, 1.54) is 32.1 Å². The molecule has 0 heterocycles. The van der Waals surface area contributed by atoms with Gasteiger partial charge in [-0.05, 0) is 19.8 Å². The van der Waals surface area contributed by atoms with Gasteiger partial charge in [0.15, 0.2) is 0 Å². The van der Waals surface area contributed by atoms with E-state index in [9.17, 15) is 0 Å². The Morgan fingerprint density at radius 2 is 1.80 bits per heavy atom. The highest BCUT2D eigenvalue weighted by Gasteiger charge is 1.82. The minimum absolute atomic E-state index is 0. The quantitative estimate of drug-likeness (QED) is 0.470. The molecule has 0 saturated carbocycles.